The van der Waals surface area contributed by atoms with E-state index in [0.29, 0.717) is 11.4 Å². The lowest BCUT2D eigenvalue weighted by Gasteiger charge is -2.15. The van der Waals surface area contributed by atoms with Crippen LogP contribution in [0.3, 0.4) is 0 Å². The van der Waals surface area contributed by atoms with E-state index in [9.17, 15) is 19.5 Å². The topological polar surface area (TPSA) is 108 Å². The second-order valence-corrected chi connectivity index (χ2v) is 5.44. The molecule has 3 amide bonds. The summed E-state index contributed by atoms with van der Waals surface area (Å²) in [4.78, 5) is 34.5. The van der Waals surface area contributed by atoms with Crippen LogP contribution in [-0.2, 0) is 16.0 Å². The van der Waals surface area contributed by atoms with Crippen LogP contribution in [-0.4, -0.2) is 29.1 Å². The molecule has 130 valence electrons. The van der Waals surface area contributed by atoms with Gasteiger partial charge in [0, 0.05) is 24.7 Å². The van der Waals surface area contributed by atoms with E-state index in [1.807, 2.05) is 18.2 Å². The van der Waals surface area contributed by atoms with Crippen LogP contribution in [0.2, 0.25) is 0 Å². The minimum atomic E-state index is -1.12. The molecule has 0 saturated carbocycles. The Morgan fingerprint density at radius 1 is 0.960 bits per heavy atom. The molecule has 0 aliphatic carbocycles. The van der Waals surface area contributed by atoms with Crippen molar-refractivity contribution in [1.29, 1.82) is 0 Å². The van der Waals surface area contributed by atoms with Gasteiger partial charge in [-0.15, -0.1) is 0 Å². The molecular weight excluding hydrogens is 322 g/mol. The van der Waals surface area contributed by atoms with Crippen LogP contribution >= 0.6 is 0 Å². The Hall–Kier alpha value is -3.35. The molecule has 7 heteroatoms. The van der Waals surface area contributed by atoms with Gasteiger partial charge in [-0.05, 0) is 23.8 Å². The molecule has 2 rings (SSSR count). The van der Waals surface area contributed by atoms with Crippen LogP contribution in [0.5, 0.6) is 0 Å². The molecule has 1 atom stereocenters. The van der Waals surface area contributed by atoms with E-state index in [2.05, 4.69) is 16.0 Å². The molecule has 0 saturated heterocycles. The maximum absolute atomic E-state index is 12.1. The highest BCUT2D eigenvalue weighted by Gasteiger charge is 2.20. The number of hydrogen-bond acceptors (Lipinski definition) is 3. The van der Waals surface area contributed by atoms with Crippen LogP contribution in [0, 0.1) is 0 Å². The zero-order chi connectivity index (χ0) is 18.2. The van der Waals surface area contributed by atoms with Gasteiger partial charge in [-0.3, -0.25) is 4.79 Å². The zero-order valence-corrected chi connectivity index (χ0v) is 13.7. The largest absolute Gasteiger partial charge is 0.480 e. The van der Waals surface area contributed by atoms with Gasteiger partial charge in [0.15, 0.2) is 0 Å². The summed E-state index contributed by atoms with van der Waals surface area (Å²) in [6.07, 6.45) is 0.176. The molecule has 0 radical (unpaired) electrons. The third kappa shape index (κ3) is 5.98. The van der Waals surface area contributed by atoms with Gasteiger partial charge in [-0.2, -0.15) is 0 Å². The van der Waals surface area contributed by atoms with E-state index >= 15 is 0 Å². The molecule has 0 aromatic heterocycles. The van der Waals surface area contributed by atoms with E-state index in [1.54, 1.807) is 36.4 Å². The quantitative estimate of drug-likeness (QED) is 0.647. The van der Waals surface area contributed by atoms with Gasteiger partial charge < -0.3 is 21.1 Å². The first-order valence-electron chi connectivity index (χ1n) is 7.66. The molecule has 2 aromatic rings. The molecular formula is C18H19N3O4. The molecule has 0 unspecified atom stereocenters. The molecule has 0 aliphatic rings. The number of hydrogen-bond donors (Lipinski definition) is 4. The van der Waals surface area contributed by atoms with Crippen molar-refractivity contribution in [1.82, 2.24) is 5.32 Å². The average Bonchev–Trinajstić information content (AvgIpc) is 2.54. The van der Waals surface area contributed by atoms with Crippen LogP contribution in [0.4, 0.5) is 16.2 Å². The Bertz CT molecular complexity index is 762. The summed E-state index contributed by atoms with van der Waals surface area (Å²) in [7, 11) is 0. The van der Waals surface area contributed by atoms with E-state index in [0.717, 1.165) is 5.56 Å². The lowest BCUT2D eigenvalue weighted by atomic mass is 10.1. The summed E-state index contributed by atoms with van der Waals surface area (Å²) in [5, 5.41) is 16.9. The van der Waals surface area contributed by atoms with Crippen molar-refractivity contribution in [3.05, 3.63) is 60.2 Å². The molecule has 2 aromatic carbocycles. The predicted octanol–water partition coefficient (Wildman–Crippen LogP) is 2.46. The van der Waals surface area contributed by atoms with Gasteiger partial charge in [0.25, 0.3) is 0 Å². The number of benzene rings is 2. The lowest BCUT2D eigenvalue weighted by molar-refractivity contribution is -0.139. The molecule has 0 fully saturated rings. The fourth-order valence-electron chi connectivity index (χ4n) is 2.25. The predicted molar refractivity (Wildman–Crippen MR) is 94.5 cm³/mol. The van der Waals surface area contributed by atoms with Gasteiger partial charge in [0.1, 0.15) is 6.04 Å². The summed E-state index contributed by atoms with van der Waals surface area (Å²) in [6.45, 7) is 1.38. The minimum absolute atomic E-state index is 0.176. The fraction of sp³-hybridized carbons (Fsp3) is 0.167. The first-order chi connectivity index (χ1) is 11.9. The van der Waals surface area contributed by atoms with Crippen molar-refractivity contribution in [2.45, 2.75) is 19.4 Å². The number of nitrogens with one attached hydrogen (secondary N) is 3. The molecule has 7 nitrogen and oxygen atoms in total. The zero-order valence-electron chi connectivity index (χ0n) is 13.7. The Balaban J connectivity index is 1.99. The number of rotatable bonds is 6. The third-order valence-electron chi connectivity index (χ3n) is 3.33. The van der Waals surface area contributed by atoms with Crippen LogP contribution in [0.15, 0.2) is 54.6 Å². The van der Waals surface area contributed by atoms with E-state index in [-0.39, 0.29) is 12.3 Å². The maximum Gasteiger partial charge on any atom is 0.326 e. The van der Waals surface area contributed by atoms with E-state index < -0.39 is 18.0 Å². The highest BCUT2D eigenvalue weighted by molar-refractivity contribution is 5.94. The third-order valence-corrected chi connectivity index (χ3v) is 3.33. The van der Waals surface area contributed by atoms with Crippen molar-refractivity contribution in [2.75, 3.05) is 10.6 Å². The van der Waals surface area contributed by atoms with Gasteiger partial charge in [-0.1, -0.05) is 36.4 Å². The van der Waals surface area contributed by atoms with Crippen molar-refractivity contribution in [3.8, 4) is 0 Å². The number of urea groups is 1. The molecule has 25 heavy (non-hydrogen) atoms. The van der Waals surface area contributed by atoms with Crippen molar-refractivity contribution in [3.63, 3.8) is 0 Å². The Labute approximate surface area is 145 Å². The monoisotopic (exact) mass is 341 g/mol. The minimum Gasteiger partial charge on any atom is -0.480 e. The fourth-order valence-corrected chi connectivity index (χ4v) is 2.25. The molecule has 0 heterocycles. The second kappa shape index (κ2) is 8.49. The summed E-state index contributed by atoms with van der Waals surface area (Å²) >= 11 is 0. The number of carboxylic acids is 1. The van der Waals surface area contributed by atoms with E-state index in [4.69, 9.17) is 0 Å². The highest BCUT2D eigenvalue weighted by Crippen LogP contribution is 2.15. The first kappa shape index (κ1) is 18.0. The summed E-state index contributed by atoms with van der Waals surface area (Å²) in [5.41, 5.74) is 1.78. The number of aliphatic carboxylic acids is 1. The Morgan fingerprint density at radius 3 is 2.20 bits per heavy atom. The van der Waals surface area contributed by atoms with E-state index in [1.165, 1.54) is 6.92 Å². The summed E-state index contributed by atoms with van der Waals surface area (Å²) in [5.74, 6) is -1.35. The van der Waals surface area contributed by atoms with Gasteiger partial charge >= 0.3 is 12.0 Å². The highest BCUT2D eigenvalue weighted by atomic mass is 16.4. The standard InChI is InChI=1S/C18H19N3O4/c1-12(22)19-14-8-5-9-15(11-14)20-18(25)21-16(17(23)24)10-13-6-3-2-4-7-13/h2-9,11,16H,10H2,1H3,(H,19,22)(H,23,24)(H2,20,21,25)/t16-/m0/s1. The number of amides is 3. The molecule has 4 N–H and O–H groups in total. The number of anilines is 2. The summed E-state index contributed by atoms with van der Waals surface area (Å²) in [6, 6.07) is 13.9. The van der Waals surface area contributed by atoms with Gasteiger partial charge in [0.2, 0.25) is 5.91 Å². The van der Waals surface area contributed by atoms with Crippen molar-refractivity contribution < 1.29 is 19.5 Å². The maximum atomic E-state index is 12.1. The van der Waals surface area contributed by atoms with Crippen LogP contribution < -0.4 is 16.0 Å². The Morgan fingerprint density at radius 2 is 1.60 bits per heavy atom. The van der Waals surface area contributed by atoms with Crippen molar-refractivity contribution in [2.24, 2.45) is 0 Å². The molecule has 0 aliphatic heterocycles. The Kier molecular flexibility index (Phi) is 6.11. The van der Waals surface area contributed by atoms with Crippen molar-refractivity contribution >= 4 is 29.3 Å². The van der Waals surface area contributed by atoms with Crippen LogP contribution in [0.25, 0.3) is 0 Å². The number of carbonyl (C=O) groups excluding carboxylic acids is 2. The second-order valence-electron chi connectivity index (χ2n) is 5.44. The molecule has 0 spiro atoms. The average molecular weight is 341 g/mol. The molecule has 0 bridgehead atoms. The number of carbonyl (C=O) groups is 3. The van der Waals surface area contributed by atoms with Crippen LogP contribution in [0.1, 0.15) is 12.5 Å². The smallest absolute Gasteiger partial charge is 0.326 e. The lowest BCUT2D eigenvalue weighted by Crippen LogP contribution is -2.44. The van der Waals surface area contributed by atoms with Gasteiger partial charge in [-0.25, -0.2) is 9.59 Å². The first-order valence-corrected chi connectivity index (χ1v) is 7.66. The summed E-state index contributed by atoms with van der Waals surface area (Å²) < 4.78 is 0. The number of carboxylic acid groups (broad SMARTS) is 1. The normalized spacial score (nSPS) is 11.2. The SMILES string of the molecule is CC(=O)Nc1cccc(NC(=O)N[C@@H](Cc2ccccc2)C(=O)O)c1. The van der Waals surface area contributed by atoms with Gasteiger partial charge in [0.05, 0.1) is 0 Å².